The number of ether oxygens (including phenoxy) is 1. The van der Waals surface area contributed by atoms with E-state index in [-0.39, 0.29) is 6.10 Å². The second-order valence-electron chi connectivity index (χ2n) is 4.42. The van der Waals surface area contributed by atoms with Crippen LogP contribution >= 0.6 is 0 Å². The van der Waals surface area contributed by atoms with Crippen LogP contribution in [0.3, 0.4) is 0 Å². The van der Waals surface area contributed by atoms with Crippen molar-refractivity contribution >= 4 is 0 Å². The lowest BCUT2D eigenvalue weighted by Gasteiger charge is -2.14. The van der Waals surface area contributed by atoms with Crippen molar-refractivity contribution in [2.75, 3.05) is 13.2 Å². The molecule has 0 aromatic rings. The normalized spacial score (nSPS) is 14.1. The maximum absolute atomic E-state index is 9.41. The summed E-state index contributed by atoms with van der Waals surface area (Å²) in [5, 5.41) is 9.41. The van der Waals surface area contributed by atoms with Gasteiger partial charge in [-0.05, 0) is 24.7 Å². The highest BCUT2D eigenvalue weighted by molar-refractivity contribution is 4.57. The highest BCUT2D eigenvalue weighted by Crippen LogP contribution is 2.05. The largest absolute Gasteiger partial charge is 0.390 e. The Balaban J connectivity index is 3.16. The van der Waals surface area contributed by atoms with Crippen molar-refractivity contribution in [3.8, 4) is 0 Å². The van der Waals surface area contributed by atoms with E-state index in [4.69, 9.17) is 4.74 Å². The lowest BCUT2D eigenvalue weighted by atomic mass is 10.1. The number of aliphatic hydroxyl groups is 1. The molecule has 1 unspecified atom stereocenters. The van der Waals surface area contributed by atoms with Gasteiger partial charge in [-0.3, -0.25) is 0 Å². The maximum Gasteiger partial charge on any atom is 0.0796 e. The molecule has 0 fully saturated rings. The Kier molecular flexibility index (Phi) is 7.29. The molecule has 0 aromatic heterocycles. The average molecular weight is 188 g/mol. The van der Waals surface area contributed by atoms with Crippen LogP contribution in [0.25, 0.3) is 0 Å². The fourth-order valence-electron chi connectivity index (χ4n) is 0.990. The minimum atomic E-state index is -0.306. The van der Waals surface area contributed by atoms with Gasteiger partial charge in [-0.2, -0.15) is 0 Å². The van der Waals surface area contributed by atoms with Crippen molar-refractivity contribution in [3.63, 3.8) is 0 Å². The van der Waals surface area contributed by atoms with Gasteiger partial charge in [-0.15, -0.1) is 0 Å². The number of rotatable bonds is 7. The van der Waals surface area contributed by atoms with Crippen LogP contribution in [0.4, 0.5) is 0 Å². The Morgan fingerprint density at radius 1 is 1.15 bits per heavy atom. The van der Waals surface area contributed by atoms with Gasteiger partial charge in [0, 0.05) is 6.61 Å². The summed E-state index contributed by atoms with van der Waals surface area (Å²) in [6, 6.07) is 0. The molecular formula is C11H24O2. The van der Waals surface area contributed by atoms with Gasteiger partial charge >= 0.3 is 0 Å². The summed E-state index contributed by atoms with van der Waals surface area (Å²) in [6.07, 6.45) is 2.00. The minimum Gasteiger partial charge on any atom is -0.390 e. The molecule has 0 aromatic carbocycles. The molecule has 0 saturated heterocycles. The smallest absolute Gasteiger partial charge is 0.0796 e. The zero-order chi connectivity index (χ0) is 10.3. The molecule has 0 bridgehead atoms. The van der Waals surface area contributed by atoms with E-state index in [1.807, 2.05) is 13.8 Å². The van der Waals surface area contributed by atoms with E-state index in [0.29, 0.717) is 12.5 Å². The van der Waals surface area contributed by atoms with Crippen LogP contribution in [0.5, 0.6) is 0 Å². The van der Waals surface area contributed by atoms with Crippen LogP contribution in [0.15, 0.2) is 0 Å². The molecule has 0 heterocycles. The summed E-state index contributed by atoms with van der Waals surface area (Å²) >= 11 is 0. The number of hydrogen-bond acceptors (Lipinski definition) is 2. The fraction of sp³-hybridized carbons (Fsp3) is 1.00. The summed E-state index contributed by atoms with van der Waals surface area (Å²) in [7, 11) is 0. The molecule has 0 rings (SSSR count). The van der Waals surface area contributed by atoms with E-state index in [1.54, 1.807) is 0 Å². The quantitative estimate of drug-likeness (QED) is 0.622. The van der Waals surface area contributed by atoms with Gasteiger partial charge in [0.2, 0.25) is 0 Å². The average Bonchev–Trinajstić information content (AvgIpc) is 2.02. The van der Waals surface area contributed by atoms with Gasteiger partial charge in [0.1, 0.15) is 0 Å². The first-order valence-corrected chi connectivity index (χ1v) is 5.29. The lowest BCUT2D eigenvalue weighted by Crippen LogP contribution is -2.21. The van der Waals surface area contributed by atoms with Crippen LogP contribution in [0.1, 0.15) is 40.5 Å². The van der Waals surface area contributed by atoms with Gasteiger partial charge in [0.15, 0.2) is 0 Å². The van der Waals surface area contributed by atoms with E-state index in [9.17, 15) is 5.11 Å². The summed E-state index contributed by atoms with van der Waals surface area (Å²) in [6.45, 7) is 9.69. The second-order valence-corrected chi connectivity index (χ2v) is 4.42. The van der Waals surface area contributed by atoms with Crippen molar-refractivity contribution in [3.05, 3.63) is 0 Å². The topological polar surface area (TPSA) is 29.5 Å². The highest BCUT2D eigenvalue weighted by Gasteiger charge is 2.08. The van der Waals surface area contributed by atoms with Gasteiger partial charge in [-0.25, -0.2) is 0 Å². The molecule has 80 valence electrons. The molecular weight excluding hydrogens is 164 g/mol. The third-order valence-corrected chi connectivity index (χ3v) is 2.13. The van der Waals surface area contributed by atoms with Crippen LogP contribution in [0, 0.1) is 11.8 Å². The van der Waals surface area contributed by atoms with Crippen molar-refractivity contribution in [2.45, 2.75) is 46.6 Å². The van der Waals surface area contributed by atoms with Crippen molar-refractivity contribution in [1.82, 2.24) is 0 Å². The predicted octanol–water partition coefficient (Wildman–Crippen LogP) is 2.46. The Bertz CT molecular complexity index is 111. The molecule has 0 radical (unpaired) electrons. The maximum atomic E-state index is 9.41. The van der Waals surface area contributed by atoms with Crippen molar-refractivity contribution in [2.24, 2.45) is 11.8 Å². The van der Waals surface area contributed by atoms with Crippen LogP contribution in [0.2, 0.25) is 0 Å². The molecule has 2 nitrogen and oxygen atoms in total. The molecule has 0 aliphatic rings. The van der Waals surface area contributed by atoms with Crippen molar-refractivity contribution in [1.29, 1.82) is 0 Å². The lowest BCUT2D eigenvalue weighted by molar-refractivity contribution is 0.0114. The fourth-order valence-corrected chi connectivity index (χ4v) is 0.990. The third kappa shape index (κ3) is 8.26. The van der Waals surface area contributed by atoms with Crippen LogP contribution in [-0.4, -0.2) is 24.4 Å². The monoisotopic (exact) mass is 188 g/mol. The Morgan fingerprint density at radius 3 is 2.23 bits per heavy atom. The van der Waals surface area contributed by atoms with Crippen molar-refractivity contribution < 1.29 is 9.84 Å². The first-order chi connectivity index (χ1) is 6.04. The first kappa shape index (κ1) is 12.9. The van der Waals surface area contributed by atoms with Gasteiger partial charge in [-0.1, -0.05) is 27.7 Å². The SMILES string of the molecule is CC(C)CCCOCC(O)C(C)C. The molecule has 0 spiro atoms. The standard InChI is InChI=1S/C11H24O2/c1-9(2)6-5-7-13-8-11(12)10(3)4/h9-12H,5-8H2,1-4H3. The molecule has 13 heavy (non-hydrogen) atoms. The van der Waals surface area contributed by atoms with E-state index in [1.165, 1.54) is 6.42 Å². The second kappa shape index (κ2) is 7.34. The Labute approximate surface area is 82.3 Å². The Morgan fingerprint density at radius 2 is 1.77 bits per heavy atom. The summed E-state index contributed by atoms with van der Waals surface area (Å²) in [5.41, 5.74) is 0. The molecule has 0 saturated carbocycles. The molecule has 1 N–H and O–H groups in total. The molecule has 1 atom stereocenters. The van der Waals surface area contributed by atoms with E-state index in [2.05, 4.69) is 13.8 Å². The summed E-state index contributed by atoms with van der Waals surface area (Å²) in [4.78, 5) is 0. The third-order valence-electron chi connectivity index (χ3n) is 2.13. The molecule has 0 amide bonds. The zero-order valence-electron chi connectivity index (χ0n) is 9.42. The summed E-state index contributed by atoms with van der Waals surface area (Å²) < 4.78 is 5.36. The minimum absolute atomic E-state index is 0.296. The molecule has 2 heteroatoms. The van der Waals surface area contributed by atoms with Gasteiger partial charge < -0.3 is 9.84 Å². The highest BCUT2D eigenvalue weighted by atomic mass is 16.5. The van der Waals surface area contributed by atoms with E-state index < -0.39 is 0 Å². The first-order valence-electron chi connectivity index (χ1n) is 5.29. The van der Waals surface area contributed by atoms with Crippen LogP contribution in [-0.2, 0) is 4.74 Å². The zero-order valence-corrected chi connectivity index (χ0v) is 9.42. The number of hydrogen-bond donors (Lipinski definition) is 1. The predicted molar refractivity (Wildman–Crippen MR) is 55.7 cm³/mol. The van der Waals surface area contributed by atoms with E-state index in [0.717, 1.165) is 18.9 Å². The van der Waals surface area contributed by atoms with Gasteiger partial charge in [0.05, 0.1) is 12.7 Å². The summed E-state index contributed by atoms with van der Waals surface area (Å²) in [5.74, 6) is 1.05. The van der Waals surface area contributed by atoms with Gasteiger partial charge in [0.25, 0.3) is 0 Å². The number of aliphatic hydroxyl groups excluding tert-OH is 1. The molecule has 0 aliphatic carbocycles. The molecule has 0 aliphatic heterocycles. The van der Waals surface area contributed by atoms with E-state index >= 15 is 0 Å². The van der Waals surface area contributed by atoms with Crippen LogP contribution < -0.4 is 0 Å². The Hall–Kier alpha value is -0.0800.